The number of nitrogen functional groups attached to an aromatic ring is 1. The van der Waals surface area contributed by atoms with Crippen molar-refractivity contribution in [1.29, 1.82) is 0 Å². The van der Waals surface area contributed by atoms with Crippen LogP contribution in [0.1, 0.15) is 67.0 Å². The van der Waals surface area contributed by atoms with Crippen molar-refractivity contribution in [1.82, 2.24) is 19.7 Å². The van der Waals surface area contributed by atoms with Gasteiger partial charge in [0.25, 0.3) is 5.91 Å². The quantitative estimate of drug-likeness (QED) is 0.463. The van der Waals surface area contributed by atoms with Gasteiger partial charge in [-0.25, -0.2) is 14.4 Å². The lowest BCUT2D eigenvalue weighted by atomic mass is 9.95. The van der Waals surface area contributed by atoms with Crippen LogP contribution in [-0.4, -0.2) is 45.6 Å². The lowest BCUT2D eigenvalue weighted by molar-refractivity contribution is 0.0620. The molecule has 0 radical (unpaired) electrons. The first kappa shape index (κ1) is 30.0. The molecule has 198 valence electrons. The van der Waals surface area contributed by atoms with Crippen molar-refractivity contribution in [3.63, 3.8) is 0 Å². The third kappa shape index (κ3) is 5.85. The van der Waals surface area contributed by atoms with Crippen molar-refractivity contribution >= 4 is 55.8 Å². The van der Waals surface area contributed by atoms with Gasteiger partial charge in [0.2, 0.25) is 0 Å². The van der Waals surface area contributed by atoms with Gasteiger partial charge in [0, 0.05) is 30.5 Å². The maximum Gasteiger partial charge on any atom is 0.258 e. The summed E-state index contributed by atoms with van der Waals surface area (Å²) in [5.74, 6) is -0.659. The predicted octanol–water partition coefficient (Wildman–Crippen LogP) is 4.49. The van der Waals surface area contributed by atoms with Crippen molar-refractivity contribution in [3.05, 3.63) is 51.9 Å². The molecule has 3 N–H and O–H groups in total. The number of rotatable bonds is 6. The van der Waals surface area contributed by atoms with Gasteiger partial charge in [-0.3, -0.25) is 9.20 Å². The molecule has 8 nitrogen and oxygen atoms in total. The second-order valence-electron chi connectivity index (χ2n) is 8.83. The number of nitrogens with one attached hydrogen (secondary N) is 1. The maximum absolute atomic E-state index is 15.3. The lowest BCUT2D eigenvalue weighted by Crippen LogP contribution is -2.41. The number of hydrogen-bond donors (Lipinski definition) is 2. The number of amides is 1. The number of aromatic nitrogens is 3. The molecule has 0 saturated carbocycles. The Morgan fingerprint density at radius 2 is 2.08 bits per heavy atom. The van der Waals surface area contributed by atoms with Gasteiger partial charge in [-0.1, -0.05) is 18.5 Å². The number of aryl methyl sites for hydroxylation is 1. The van der Waals surface area contributed by atoms with Crippen molar-refractivity contribution < 1.29 is 18.7 Å². The van der Waals surface area contributed by atoms with Crippen LogP contribution in [0, 0.1) is 12.7 Å². The summed E-state index contributed by atoms with van der Waals surface area (Å²) in [6.07, 6.45) is 4.63. The van der Waals surface area contributed by atoms with Gasteiger partial charge in [0.05, 0.1) is 29.5 Å². The molecule has 3 aromatic rings. The number of benzene rings is 1. The summed E-state index contributed by atoms with van der Waals surface area (Å²) in [7, 11) is 0. The second-order valence-corrected chi connectivity index (χ2v) is 9.24. The van der Waals surface area contributed by atoms with Crippen LogP contribution >= 0.6 is 38.6 Å². The first-order chi connectivity index (χ1) is 16.2. The Bertz CT molecular complexity index is 1230. The van der Waals surface area contributed by atoms with Crippen LogP contribution in [-0.2, 0) is 4.74 Å². The highest BCUT2D eigenvalue weighted by molar-refractivity contribution is 7.59. The van der Waals surface area contributed by atoms with Crippen molar-refractivity contribution in [2.24, 2.45) is 0 Å². The summed E-state index contributed by atoms with van der Waals surface area (Å²) < 4.78 is 28.7. The predicted molar refractivity (Wildman–Crippen MR) is 149 cm³/mol. The first-order valence-corrected chi connectivity index (χ1v) is 11.7. The van der Waals surface area contributed by atoms with E-state index in [0.29, 0.717) is 41.6 Å². The van der Waals surface area contributed by atoms with Crippen molar-refractivity contribution in [2.45, 2.75) is 58.6 Å². The Hall–Kier alpha value is -2.21. The molecule has 1 fully saturated rings. The Balaban J connectivity index is 0.00000228. The monoisotopic (exact) mass is 557 g/mol. The van der Waals surface area contributed by atoms with Crippen LogP contribution in [0.5, 0.6) is 5.75 Å². The van der Waals surface area contributed by atoms with Gasteiger partial charge in [0.15, 0.2) is 5.82 Å². The van der Waals surface area contributed by atoms with Gasteiger partial charge < -0.3 is 20.5 Å². The minimum absolute atomic E-state index is 0. The molecule has 1 saturated heterocycles. The summed E-state index contributed by atoms with van der Waals surface area (Å²) in [4.78, 5) is 22.1. The van der Waals surface area contributed by atoms with E-state index in [1.165, 1.54) is 6.07 Å². The molecular weight excluding hydrogens is 525 g/mol. The number of fused-ring (bicyclic) bond motifs is 1. The highest BCUT2D eigenvalue weighted by Gasteiger charge is 2.31. The molecule has 1 aliphatic heterocycles. The summed E-state index contributed by atoms with van der Waals surface area (Å²) >= 11 is 6.30. The van der Waals surface area contributed by atoms with Gasteiger partial charge >= 0.3 is 0 Å². The van der Waals surface area contributed by atoms with Gasteiger partial charge in [-0.2, -0.15) is 27.0 Å². The molecule has 0 aliphatic carbocycles. The molecule has 12 heteroatoms. The van der Waals surface area contributed by atoms with E-state index in [-0.39, 0.29) is 55.5 Å². The number of imidazole rings is 1. The van der Waals surface area contributed by atoms with E-state index < -0.39 is 17.6 Å². The molecule has 0 unspecified atom stereocenters. The van der Waals surface area contributed by atoms with E-state index in [1.807, 2.05) is 32.1 Å². The van der Waals surface area contributed by atoms with Crippen LogP contribution < -0.4 is 15.8 Å². The number of anilines is 1. The number of hydrogen-bond acceptors (Lipinski definition) is 6. The fraction of sp³-hybridized carbons (Fsp3) is 0.458. The molecule has 0 spiro atoms. The molecule has 3 heterocycles. The molecule has 1 aliphatic rings. The van der Waals surface area contributed by atoms with Crippen LogP contribution in [0.2, 0.25) is 5.02 Å². The summed E-state index contributed by atoms with van der Waals surface area (Å²) in [5.41, 5.74) is 7.81. The number of nitrogens with two attached hydrogens (primary N) is 1. The zero-order chi connectivity index (χ0) is 24.6. The van der Waals surface area contributed by atoms with E-state index in [1.54, 1.807) is 12.4 Å². The SMILES string of the molecule is Cc1nc([C@@H](C)c2cc(Cl)c(F)c(C(=O)N[C@H]3CCCOC3)c2OC(C)C)n2ccnc(N)c12.S.S. The molecular formula is C24H33ClFN5O3S2. The lowest BCUT2D eigenvalue weighted by Gasteiger charge is -2.26. The highest BCUT2D eigenvalue weighted by Crippen LogP contribution is 2.40. The molecule has 2 aromatic heterocycles. The molecule has 1 aromatic carbocycles. The topological polar surface area (TPSA) is 104 Å². The Morgan fingerprint density at radius 3 is 2.72 bits per heavy atom. The summed E-state index contributed by atoms with van der Waals surface area (Å²) in [5, 5.41) is 2.71. The highest BCUT2D eigenvalue weighted by atomic mass is 35.5. The molecule has 2 atom stereocenters. The first-order valence-electron chi connectivity index (χ1n) is 11.3. The average Bonchev–Trinajstić information content (AvgIpc) is 3.13. The minimum Gasteiger partial charge on any atom is -0.490 e. The fourth-order valence-electron chi connectivity index (χ4n) is 4.34. The van der Waals surface area contributed by atoms with Gasteiger partial charge in [0.1, 0.15) is 28.5 Å². The summed E-state index contributed by atoms with van der Waals surface area (Å²) in [6, 6.07) is 1.29. The number of carbonyl (C=O) groups excluding carboxylic acids is 1. The molecule has 0 bridgehead atoms. The van der Waals surface area contributed by atoms with Crippen molar-refractivity contribution in [3.8, 4) is 5.75 Å². The van der Waals surface area contributed by atoms with Gasteiger partial charge in [-0.15, -0.1) is 0 Å². The van der Waals surface area contributed by atoms with Crippen LogP contribution in [0.3, 0.4) is 0 Å². The minimum atomic E-state index is -0.819. The normalized spacial score (nSPS) is 16.2. The molecule has 36 heavy (non-hydrogen) atoms. The third-order valence-electron chi connectivity index (χ3n) is 5.92. The second kappa shape index (κ2) is 12.4. The molecule has 1 amide bonds. The van der Waals surface area contributed by atoms with E-state index in [0.717, 1.165) is 12.8 Å². The fourth-order valence-corrected chi connectivity index (χ4v) is 4.55. The largest absolute Gasteiger partial charge is 0.490 e. The Kier molecular flexibility index (Phi) is 10.3. The smallest absolute Gasteiger partial charge is 0.258 e. The van der Waals surface area contributed by atoms with Crippen LogP contribution in [0.25, 0.3) is 5.52 Å². The molecule has 4 rings (SSSR count). The Morgan fingerprint density at radius 1 is 1.36 bits per heavy atom. The van der Waals surface area contributed by atoms with Crippen LogP contribution in [0.4, 0.5) is 10.2 Å². The third-order valence-corrected chi connectivity index (χ3v) is 6.19. The number of carbonyl (C=O) groups is 1. The standard InChI is InChI=1S/C24H29ClFN5O3.2H2S/c1-12(2)34-21-16(13(3)23-29-14(4)20-22(27)28-7-8-31(20)23)10-17(25)19(26)18(21)24(32)30-15-6-5-9-33-11-15;;/h7-8,10,12-13,15H,5-6,9,11H2,1-4H3,(H2,27,28)(H,30,32);2*1H2/t13-,15-;;/m0../s1. The van der Waals surface area contributed by atoms with Crippen molar-refractivity contribution in [2.75, 3.05) is 18.9 Å². The zero-order valence-electron chi connectivity index (χ0n) is 20.7. The van der Waals surface area contributed by atoms with E-state index >= 15 is 4.39 Å². The van der Waals surface area contributed by atoms with E-state index in [2.05, 4.69) is 10.3 Å². The van der Waals surface area contributed by atoms with E-state index in [4.69, 9.17) is 31.8 Å². The number of ether oxygens (including phenoxy) is 2. The summed E-state index contributed by atoms with van der Waals surface area (Å²) in [6.45, 7) is 8.42. The maximum atomic E-state index is 15.3. The Labute approximate surface area is 229 Å². The van der Waals surface area contributed by atoms with E-state index in [9.17, 15) is 4.79 Å². The van der Waals surface area contributed by atoms with Gasteiger partial charge in [-0.05, 0) is 39.7 Å². The number of nitrogens with zero attached hydrogens (tertiary/aromatic N) is 3. The number of halogens is 2. The zero-order valence-corrected chi connectivity index (χ0v) is 23.4. The van der Waals surface area contributed by atoms with Crippen LogP contribution in [0.15, 0.2) is 18.5 Å². The average molecular weight is 558 g/mol.